The van der Waals surface area contributed by atoms with Crippen LogP contribution in [0.3, 0.4) is 0 Å². The molecule has 3 heteroatoms. The van der Waals surface area contributed by atoms with Gasteiger partial charge in [-0.1, -0.05) is 12.8 Å². The molecule has 0 aromatic rings. The van der Waals surface area contributed by atoms with E-state index in [0.29, 0.717) is 13.2 Å². The molecule has 1 atom stereocenters. The molecule has 82 valence electrons. The predicted molar refractivity (Wildman–Crippen MR) is 55.0 cm³/mol. The third-order valence-electron chi connectivity index (χ3n) is 4.14. The molecule has 1 aliphatic carbocycles. The average Bonchev–Trinajstić information content (AvgIpc) is 2.62. The van der Waals surface area contributed by atoms with Crippen LogP contribution in [-0.4, -0.2) is 30.5 Å². The van der Waals surface area contributed by atoms with Gasteiger partial charge in [0.2, 0.25) is 0 Å². The van der Waals surface area contributed by atoms with Gasteiger partial charge in [-0.25, -0.2) is 0 Å². The summed E-state index contributed by atoms with van der Waals surface area (Å²) in [4.78, 5) is 0. The molecule has 2 fully saturated rings. The highest BCUT2D eigenvalue weighted by molar-refractivity contribution is 5.03. The Labute approximate surface area is 85.6 Å². The molecule has 14 heavy (non-hydrogen) atoms. The highest BCUT2D eigenvalue weighted by Crippen LogP contribution is 2.51. The Bertz CT molecular complexity index is 197. The Morgan fingerprint density at radius 3 is 2.57 bits per heavy atom. The van der Waals surface area contributed by atoms with Gasteiger partial charge in [0.05, 0.1) is 12.2 Å². The zero-order valence-corrected chi connectivity index (χ0v) is 8.80. The topological polar surface area (TPSA) is 55.5 Å². The van der Waals surface area contributed by atoms with Crippen molar-refractivity contribution in [1.29, 1.82) is 0 Å². The number of hydrogen-bond acceptors (Lipinski definition) is 3. The molecule has 0 bridgehead atoms. The van der Waals surface area contributed by atoms with Gasteiger partial charge < -0.3 is 15.6 Å². The minimum Gasteiger partial charge on any atom is -0.389 e. The first-order valence-electron chi connectivity index (χ1n) is 5.73. The molecule has 3 nitrogen and oxygen atoms in total. The van der Waals surface area contributed by atoms with E-state index in [4.69, 9.17) is 10.5 Å². The first-order valence-corrected chi connectivity index (χ1v) is 5.73. The lowest BCUT2D eigenvalue weighted by Gasteiger charge is -2.48. The first kappa shape index (κ1) is 10.4. The van der Waals surface area contributed by atoms with Crippen molar-refractivity contribution in [3.8, 4) is 0 Å². The Hall–Kier alpha value is -0.120. The maximum atomic E-state index is 10.7. The second-order valence-electron chi connectivity index (χ2n) is 4.86. The molecule has 1 unspecified atom stereocenters. The molecule has 2 rings (SSSR count). The van der Waals surface area contributed by atoms with Gasteiger partial charge in [-0.05, 0) is 25.8 Å². The number of nitrogens with two attached hydrogens (primary N) is 1. The molecule has 1 aliphatic heterocycles. The molecule has 1 saturated heterocycles. The fourth-order valence-electron chi connectivity index (χ4n) is 3.20. The number of ether oxygens (including phenoxy) is 1. The first-order chi connectivity index (χ1) is 6.72. The third kappa shape index (κ3) is 1.47. The van der Waals surface area contributed by atoms with Crippen LogP contribution in [0.15, 0.2) is 0 Å². The van der Waals surface area contributed by atoms with Crippen LogP contribution in [0.2, 0.25) is 0 Å². The summed E-state index contributed by atoms with van der Waals surface area (Å²) in [6.07, 6.45) is 6.19. The van der Waals surface area contributed by atoms with Crippen molar-refractivity contribution in [2.24, 2.45) is 11.1 Å². The molecule has 0 aromatic heterocycles. The van der Waals surface area contributed by atoms with Crippen LogP contribution in [0.25, 0.3) is 0 Å². The van der Waals surface area contributed by atoms with Crippen molar-refractivity contribution >= 4 is 0 Å². The molecule has 0 amide bonds. The van der Waals surface area contributed by atoms with Gasteiger partial charge in [0.25, 0.3) is 0 Å². The molecule has 2 aliphatic rings. The minimum atomic E-state index is -0.545. The van der Waals surface area contributed by atoms with Crippen molar-refractivity contribution < 1.29 is 9.84 Å². The number of aliphatic hydroxyl groups is 1. The quantitative estimate of drug-likeness (QED) is 0.699. The van der Waals surface area contributed by atoms with E-state index in [9.17, 15) is 5.11 Å². The minimum absolute atomic E-state index is 0.0324. The van der Waals surface area contributed by atoms with Crippen LogP contribution in [-0.2, 0) is 4.74 Å². The van der Waals surface area contributed by atoms with Gasteiger partial charge in [0, 0.05) is 18.4 Å². The summed E-state index contributed by atoms with van der Waals surface area (Å²) in [6, 6.07) is 0. The van der Waals surface area contributed by atoms with E-state index in [1.165, 1.54) is 12.8 Å². The van der Waals surface area contributed by atoms with E-state index in [2.05, 4.69) is 0 Å². The van der Waals surface area contributed by atoms with Crippen molar-refractivity contribution in [2.45, 2.75) is 44.1 Å². The van der Waals surface area contributed by atoms with Crippen LogP contribution >= 0.6 is 0 Å². The van der Waals surface area contributed by atoms with Gasteiger partial charge in [0.1, 0.15) is 0 Å². The highest BCUT2D eigenvalue weighted by atomic mass is 16.5. The molecule has 1 saturated carbocycles. The average molecular weight is 199 g/mol. The monoisotopic (exact) mass is 199 g/mol. The molecule has 0 radical (unpaired) electrons. The van der Waals surface area contributed by atoms with Crippen LogP contribution in [0.5, 0.6) is 0 Å². The summed E-state index contributed by atoms with van der Waals surface area (Å²) in [6.45, 7) is 2.01. The normalized spacial score (nSPS) is 36.4. The van der Waals surface area contributed by atoms with E-state index >= 15 is 0 Å². The Morgan fingerprint density at radius 2 is 1.93 bits per heavy atom. The lowest BCUT2D eigenvalue weighted by Crippen LogP contribution is -2.54. The SMILES string of the molecule is NCCC1(O)CCOCC12CCCC2. The highest BCUT2D eigenvalue weighted by Gasteiger charge is 2.52. The fourth-order valence-corrected chi connectivity index (χ4v) is 3.20. The van der Waals surface area contributed by atoms with E-state index in [1.54, 1.807) is 0 Å². The van der Waals surface area contributed by atoms with Gasteiger partial charge >= 0.3 is 0 Å². The van der Waals surface area contributed by atoms with Gasteiger partial charge in [0.15, 0.2) is 0 Å². The van der Waals surface area contributed by atoms with Crippen molar-refractivity contribution in [1.82, 2.24) is 0 Å². The molecule has 0 aromatic carbocycles. The zero-order chi connectivity index (χ0) is 10.1. The summed E-state index contributed by atoms with van der Waals surface area (Å²) in [7, 11) is 0. The second kappa shape index (κ2) is 3.80. The van der Waals surface area contributed by atoms with E-state index in [0.717, 1.165) is 32.3 Å². The maximum absolute atomic E-state index is 10.7. The lowest BCUT2D eigenvalue weighted by molar-refractivity contribution is -0.171. The molecule has 1 heterocycles. The standard InChI is InChI=1S/C11H21NO2/c12-7-5-11(13)6-8-14-9-10(11)3-1-2-4-10/h13H,1-9,12H2. The fraction of sp³-hybridized carbons (Fsp3) is 1.00. The van der Waals surface area contributed by atoms with Crippen LogP contribution in [0.4, 0.5) is 0 Å². The van der Waals surface area contributed by atoms with E-state index < -0.39 is 5.60 Å². The zero-order valence-electron chi connectivity index (χ0n) is 8.80. The van der Waals surface area contributed by atoms with Crippen LogP contribution in [0.1, 0.15) is 38.5 Å². The summed E-state index contributed by atoms with van der Waals surface area (Å²) in [5.41, 5.74) is 5.08. The Morgan fingerprint density at radius 1 is 1.21 bits per heavy atom. The maximum Gasteiger partial charge on any atom is 0.0759 e. The smallest absolute Gasteiger partial charge is 0.0759 e. The summed E-state index contributed by atoms with van der Waals surface area (Å²) in [5.74, 6) is 0. The van der Waals surface area contributed by atoms with Crippen molar-refractivity contribution in [3.05, 3.63) is 0 Å². The third-order valence-corrected chi connectivity index (χ3v) is 4.14. The lowest BCUT2D eigenvalue weighted by atomic mass is 9.66. The molecular formula is C11H21NO2. The van der Waals surface area contributed by atoms with Gasteiger partial charge in [-0.2, -0.15) is 0 Å². The van der Waals surface area contributed by atoms with E-state index in [-0.39, 0.29) is 5.41 Å². The molecule has 3 N–H and O–H groups in total. The van der Waals surface area contributed by atoms with Crippen molar-refractivity contribution in [2.75, 3.05) is 19.8 Å². The number of hydrogen-bond donors (Lipinski definition) is 2. The summed E-state index contributed by atoms with van der Waals surface area (Å²) < 4.78 is 5.55. The Balaban J connectivity index is 2.17. The summed E-state index contributed by atoms with van der Waals surface area (Å²) >= 11 is 0. The predicted octanol–water partition coefficient (Wildman–Crippen LogP) is 1.05. The molecular weight excluding hydrogens is 178 g/mol. The van der Waals surface area contributed by atoms with Gasteiger partial charge in [-0.3, -0.25) is 0 Å². The summed E-state index contributed by atoms with van der Waals surface area (Å²) in [5, 5.41) is 10.7. The van der Waals surface area contributed by atoms with Crippen LogP contribution < -0.4 is 5.73 Å². The van der Waals surface area contributed by atoms with Crippen LogP contribution in [0, 0.1) is 5.41 Å². The Kier molecular flexibility index (Phi) is 2.82. The molecule has 1 spiro atoms. The second-order valence-corrected chi connectivity index (χ2v) is 4.86. The van der Waals surface area contributed by atoms with Crippen molar-refractivity contribution in [3.63, 3.8) is 0 Å². The van der Waals surface area contributed by atoms with Gasteiger partial charge in [-0.15, -0.1) is 0 Å². The number of rotatable bonds is 2. The van der Waals surface area contributed by atoms with E-state index in [1.807, 2.05) is 0 Å². The largest absolute Gasteiger partial charge is 0.389 e.